The molecule has 0 amide bonds. The van der Waals surface area contributed by atoms with E-state index >= 15 is 0 Å². The molecule has 0 aliphatic rings. The predicted octanol–water partition coefficient (Wildman–Crippen LogP) is 3.86. The summed E-state index contributed by atoms with van der Waals surface area (Å²) in [6.45, 7) is 0.188. The van der Waals surface area contributed by atoms with Gasteiger partial charge in [-0.15, -0.1) is 0 Å². The highest BCUT2D eigenvalue weighted by Crippen LogP contribution is 2.35. The van der Waals surface area contributed by atoms with Crippen LogP contribution < -0.4 is 19.6 Å². The maximum atomic E-state index is 12.5. The smallest absolute Gasteiger partial charge is 0.197 e. The third-order valence-corrected chi connectivity index (χ3v) is 4.65. The third kappa shape index (κ3) is 4.09. The van der Waals surface area contributed by atoms with Crippen LogP contribution >= 0.6 is 0 Å². The fourth-order valence-electron chi connectivity index (χ4n) is 3.11. The lowest BCUT2D eigenvalue weighted by Gasteiger charge is -2.12. The molecule has 0 radical (unpaired) electrons. The number of rotatable bonds is 6. The Balaban J connectivity index is 1.69. The molecule has 31 heavy (non-hydrogen) atoms. The van der Waals surface area contributed by atoms with E-state index in [9.17, 15) is 15.0 Å². The highest BCUT2D eigenvalue weighted by Gasteiger charge is 2.14. The number of benzene rings is 2. The fraction of sp³-hybridized carbons (Fsp3) is 0.130. The van der Waals surface area contributed by atoms with Crippen LogP contribution in [0.1, 0.15) is 5.69 Å². The van der Waals surface area contributed by atoms with Crippen LogP contribution in [0.5, 0.6) is 28.7 Å². The van der Waals surface area contributed by atoms with E-state index < -0.39 is 5.43 Å². The lowest BCUT2D eigenvalue weighted by molar-refractivity contribution is 0.280. The van der Waals surface area contributed by atoms with Gasteiger partial charge >= 0.3 is 0 Å². The van der Waals surface area contributed by atoms with Crippen molar-refractivity contribution in [1.82, 2.24) is 4.98 Å². The zero-order valence-electron chi connectivity index (χ0n) is 16.8. The molecule has 2 aromatic carbocycles. The van der Waals surface area contributed by atoms with Crippen molar-refractivity contribution in [1.29, 1.82) is 0 Å². The van der Waals surface area contributed by atoms with Gasteiger partial charge in [-0.2, -0.15) is 0 Å². The minimum atomic E-state index is -0.436. The Morgan fingerprint density at radius 3 is 2.52 bits per heavy atom. The molecule has 4 rings (SSSR count). The molecule has 0 atom stereocenters. The molecule has 0 spiro atoms. The van der Waals surface area contributed by atoms with E-state index in [1.54, 1.807) is 43.6 Å². The van der Waals surface area contributed by atoms with Crippen LogP contribution in [0.4, 0.5) is 0 Å². The van der Waals surface area contributed by atoms with E-state index in [0.29, 0.717) is 28.5 Å². The molecule has 0 saturated heterocycles. The first-order valence-corrected chi connectivity index (χ1v) is 9.28. The molecule has 0 fully saturated rings. The monoisotopic (exact) mass is 421 g/mol. The second-order valence-electron chi connectivity index (χ2n) is 6.66. The average molecular weight is 421 g/mol. The largest absolute Gasteiger partial charge is 0.508 e. The minimum absolute atomic E-state index is 0.00267. The van der Waals surface area contributed by atoms with Crippen molar-refractivity contribution >= 4 is 11.0 Å². The molecule has 0 saturated carbocycles. The summed E-state index contributed by atoms with van der Waals surface area (Å²) in [5.41, 5.74) is 0.881. The van der Waals surface area contributed by atoms with Crippen LogP contribution in [0, 0.1) is 0 Å². The SMILES string of the molecule is COc1ccc(COc2cc(-c3cc(=O)c4c(O)cc(O)cc4o3)ccc2OC)nc1. The molecule has 4 aromatic rings. The Bertz CT molecular complexity index is 1300. The van der Waals surface area contributed by atoms with E-state index in [0.717, 1.165) is 6.07 Å². The Labute approximate surface area is 176 Å². The van der Waals surface area contributed by atoms with Crippen molar-refractivity contribution in [2.75, 3.05) is 14.2 Å². The maximum absolute atomic E-state index is 12.5. The van der Waals surface area contributed by atoms with Gasteiger partial charge in [-0.3, -0.25) is 9.78 Å². The summed E-state index contributed by atoms with van der Waals surface area (Å²) in [4.78, 5) is 16.8. The zero-order chi connectivity index (χ0) is 22.0. The number of aromatic nitrogens is 1. The van der Waals surface area contributed by atoms with Crippen molar-refractivity contribution < 1.29 is 28.8 Å². The minimum Gasteiger partial charge on any atom is -0.508 e. The van der Waals surface area contributed by atoms with Crippen molar-refractivity contribution in [3.05, 3.63) is 70.6 Å². The van der Waals surface area contributed by atoms with Crippen LogP contribution in [-0.2, 0) is 6.61 Å². The van der Waals surface area contributed by atoms with E-state index in [1.165, 1.54) is 19.2 Å². The van der Waals surface area contributed by atoms with Crippen LogP contribution in [0.2, 0.25) is 0 Å². The second kappa shape index (κ2) is 8.27. The number of ether oxygens (including phenoxy) is 3. The summed E-state index contributed by atoms with van der Waals surface area (Å²) in [7, 11) is 3.09. The highest BCUT2D eigenvalue weighted by molar-refractivity contribution is 5.86. The van der Waals surface area contributed by atoms with Gasteiger partial charge in [-0.1, -0.05) is 0 Å². The second-order valence-corrected chi connectivity index (χ2v) is 6.66. The number of pyridine rings is 1. The summed E-state index contributed by atoms with van der Waals surface area (Å²) in [6.07, 6.45) is 1.60. The fourth-order valence-corrected chi connectivity index (χ4v) is 3.11. The van der Waals surface area contributed by atoms with Crippen LogP contribution in [0.25, 0.3) is 22.3 Å². The molecule has 0 bridgehead atoms. The Morgan fingerprint density at radius 2 is 1.81 bits per heavy atom. The van der Waals surface area contributed by atoms with Crippen molar-refractivity contribution in [2.45, 2.75) is 6.61 Å². The molecule has 2 aromatic heterocycles. The van der Waals surface area contributed by atoms with Gasteiger partial charge in [0.1, 0.15) is 40.6 Å². The number of hydrogen-bond acceptors (Lipinski definition) is 8. The van der Waals surface area contributed by atoms with Gasteiger partial charge in [0.25, 0.3) is 0 Å². The molecule has 0 unspecified atom stereocenters. The third-order valence-electron chi connectivity index (χ3n) is 4.65. The Hall–Kier alpha value is -4.20. The van der Waals surface area contributed by atoms with E-state index in [1.807, 2.05) is 0 Å². The van der Waals surface area contributed by atoms with Gasteiger partial charge in [-0.25, -0.2) is 0 Å². The molecule has 158 valence electrons. The molecule has 2 N–H and O–H groups in total. The maximum Gasteiger partial charge on any atom is 0.197 e. The topological polar surface area (TPSA) is 111 Å². The normalized spacial score (nSPS) is 10.8. The van der Waals surface area contributed by atoms with Crippen molar-refractivity contribution in [2.24, 2.45) is 0 Å². The molecule has 0 aliphatic heterocycles. The molecular formula is C23H19NO7. The summed E-state index contributed by atoms with van der Waals surface area (Å²) in [5.74, 6) is 1.26. The van der Waals surface area contributed by atoms with Crippen LogP contribution in [-0.4, -0.2) is 29.4 Å². The van der Waals surface area contributed by atoms with E-state index in [-0.39, 0.29) is 34.8 Å². The van der Waals surface area contributed by atoms with Crippen LogP contribution in [0.3, 0.4) is 0 Å². The first kappa shape index (κ1) is 20.1. The molecule has 2 heterocycles. The van der Waals surface area contributed by atoms with Gasteiger partial charge in [0.05, 0.1) is 26.1 Å². The number of phenols is 2. The van der Waals surface area contributed by atoms with E-state index in [2.05, 4.69) is 4.98 Å². The molecular weight excluding hydrogens is 402 g/mol. The number of nitrogens with zero attached hydrogens (tertiary/aromatic N) is 1. The summed E-state index contributed by atoms with van der Waals surface area (Å²) >= 11 is 0. The number of aromatic hydroxyl groups is 2. The quantitative estimate of drug-likeness (QED) is 0.483. The number of fused-ring (bicyclic) bond motifs is 1. The van der Waals surface area contributed by atoms with Crippen molar-refractivity contribution in [3.63, 3.8) is 0 Å². The van der Waals surface area contributed by atoms with Gasteiger partial charge in [0, 0.05) is 23.8 Å². The lowest BCUT2D eigenvalue weighted by Crippen LogP contribution is -2.02. The van der Waals surface area contributed by atoms with Crippen molar-refractivity contribution in [3.8, 4) is 40.1 Å². The first-order valence-electron chi connectivity index (χ1n) is 9.28. The lowest BCUT2D eigenvalue weighted by atomic mass is 10.1. The zero-order valence-corrected chi connectivity index (χ0v) is 16.8. The van der Waals surface area contributed by atoms with Gasteiger partial charge < -0.3 is 28.8 Å². The number of hydrogen-bond donors (Lipinski definition) is 2. The van der Waals surface area contributed by atoms with Gasteiger partial charge in [0.2, 0.25) is 0 Å². The summed E-state index contributed by atoms with van der Waals surface area (Å²) in [5, 5.41) is 19.7. The summed E-state index contributed by atoms with van der Waals surface area (Å²) < 4.78 is 22.1. The average Bonchev–Trinajstić information content (AvgIpc) is 2.77. The highest BCUT2D eigenvalue weighted by atomic mass is 16.5. The van der Waals surface area contributed by atoms with Crippen LogP contribution in [0.15, 0.2) is 63.9 Å². The molecule has 8 nitrogen and oxygen atoms in total. The first-order chi connectivity index (χ1) is 15.0. The van der Waals surface area contributed by atoms with Gasteiger partial charge in [0.15, 0.2) is 16.9 Å². The Morgan fingerprint density at radius 1 is 0.968 bits per heavy atom. The van der Waals surface area contributed by atoms with E-state index in [4.69, 9.17) is 18.6 Å². The Kier molecular flexibility index (Phi) is 5.36. The number of methoxy groups -OCH3 is 2. The summed E-state index contributed by atoms with van der Waals surface area (Å²) in [6, 6.07) is 12.3. The number of phenolic OH excluding ortho intramolecular Hbond substituents is 2. The molecule has 0 aliphatic carbocycles. The predicted molar refractivity (Wildman–Crippen MR) is 113 cm³/mol. The molecule has 8 heteroatoms. The van der Waals surface area contributed by atoms with Gasteiger partial charge in [-0.05, 0) is 30.3 Å². The standard InChI is InChI=1S/C23H19NO7/c1-28-16-5-4-14(24-11-16)12-30-21-7-13(3-6-19(21)29-2)20-10-18(27)23-17(26)8-15(25)9-22(23)31-20/h3-11,25-26H,12H2,1-2H3.